The van der Waals surface area contributed by atoms with Crippen molar-refractivity contribution in [3.05, 3.63) is 63.8 Å². The van der Waals surface area contributed by atoms with Crippen molar-refractivity contribution < 1.29 is 9.78 Å². The molecule has 3 heterocycles. The predicted molar refractivity (Wildman–Crippen MR) is 131 cm³/mol. The van der Waals surface area contributed by atoms with Gasteiger partial charge >= 0.3 is 10.7 Å². The van der Waals surface area contributed by atoms with Gasteiger partial charge in [0, 0.05) is 36.7 Å². The number of thioether (sulfide) groups is 1. The van der Waals surface area contributed by atoms with E-state index in [2.05, 4.69) is 28.6 Å². The number of thiophene rings is 1. The number of carbonyl (C=O) groups is 1. The number of benzene rings is 1. The highest BCUT2D eigenvalue weighted by Gasteiger charge is 2.28. The van der Waals surface area contributed by atoms with Crippen molar-refractivity contribution in [3.8, 4) is 0 Å². The highest BCUT2D eigenvalue weighted by atomic mass is 32.2. The molecule has 1 fully saturated rings. The Morgan fingerprint density at radius 3 is 2.69 bits per heavy atom. The minimum Gasteiger partial charge on any atom is -0.368 e. The molecule has 3 aromatic rings. The summed E-state index contributed by atoms with van der Waals surface area (Å²) in [4.78, 5) is 36.1. The van der Waals surface area contributed by atoms with Crippen LogP contribution in [0.3, 0.4) is 0 Å². The number of hydrogen-bond acceptors (Lipinski definition) is 5. The fourth-order valence-electron chi connectivity index (χ4n) is 4.59. The number of H-pyrrole nitrogens is 1. The number of carbonyl (C=O) groups excluding carboxylic acids is 1. The average Bonchev–Trinajstić information content (AvgIpc) is 3.41. The van der Waals surface area contributed by atoms with Crippen LogP contribution in [0.25, 0.3) is 10.2 Å². The van der Waals surface area contributed by atoms with E-state index in [0.29, 0.717) is 25.4 Å². The lowest BCUT2D eigenvalue weighted by Crippen LogP contribution is -2.49. The molecule has 1 amide bonds. The summed E-state index contributed by atoms with van der Waals surface area (Å²) in [5.41, 5.74) is 2.45. The molecule has 0 unspecified atom stereocenters. The number of aryl methyl sites for hydroxylation is 2. The van der Waals surface area contributed by atoms with E-state index >= 15 is 0 Å². The Labute approximate surface area is 195 Å². The number of para-hydroxylation sites is 1. The molecule has 166 valence electrons. The Morgan fingerprint density at radius 2 is 1.94 bits per heavy atom. The number of amides is 1. The summed E-state index contributed by atoms with van der Waals surface area (Å²) in [5.74, 6) is 0.428. The fraction of sp³-hybridized carbons (Fsp3) is 0.375. The van der Waals surface area contributed by atoms with Crippen LogP contribution in [0.2, 0.25) is 0 Å². The summed E-state index contributed by atoms with van der Waals surface area (Å²) >= 11 is 3.11. The molecule has 32 heavy (non-hydrogen) atoms. The van der Waals surface area contributed by atoms with E-state index in [0.717, 1.165) is 47.7 Å². The van der Waals surface area contributed by atoms with Gasteiger partial charge in [-0.05, 0) is 48.7 Å². The second kappa shape index (κ2) is 9.11. The molecule has 6 nitrogen and oxygen atoms in total. The minimum absolute atomic E-state index is 0.0319. The van der Waals surface area contributed by atoms with Crippen molar-refractivity contribution in [1.82, 2.24) is 9.47 Å². The van der Waals surface area contributed by atoms with Crippen molar-refractivity contribution in [2.75, 3.05) is 36.8 Å². The maximum absolute atomic E-state index is 13.3. The van der Waals surface area contributed by atoms with Gasteiger partial charge in [0.05, 0.1) is 5.75 Å². The number of anilines is 1. The summed E-state index contributed by atoms with van der Waals surface area (Å²) in [6.45, 7) is 7.35. The molecular formula is C24H27N4O2S2+. The van der Waals surface area contributed by atoms with E-state index in [1.54, 1.807) is 22.0 Å². The Balaban J connectivity index is 1.29. The second-order valence-electron chi connectivity index (χ2n) is 8.19. The number of fused-ring (bicyclic) bond motifs is 3. The number of aromatic nitrogens is 2. The number of allylic oxidation sites excluding steroid dienone is 1. The van der Waals surface area contributed by atoms with E-state index in [4.69, 9.17) is 0 Å². The Morgan fingerprint density at radius 1 is 1.16 bits per heavy atom. The zero-order valence-electron chi connectivity index (χ0n) is 18.0. The van der Waals surface area contributed by atoms with Crippen molar-refractivity contribution in [2.45, 2.75) is 31.0 Å². The van der Waals surface area contributed by atoms with Crippen LogP contribution in [-0.4, -0.2) is 47.3 Å². The number of nitrogens with zero attached hydrogens (tertiary/aromatic N) is 3. The van der Waals surface area contributed by atoms with Crippen molar-refractivity contribution in [3.63, 3.8) is 0 Å². The molecule has 0 atom stereocenters. The summed E-state index contributed by atoms with van der Waals surface area (Å²) in [6, 6.07) is 10.3. The number of rotatable bonds is 6. The lowest BCUT2D eigenvalue weighted by Gasteiger charge is -2.36. The van der Waals surface area contributed by atoms with Crippen molar-refractivity contribution in [1.29, 1.82) is 0 Å². The van der Waals surface area contributed by atoms with Crippen LogP contribution in [0.4, 0.5) is 5.69 Å². The van der Waals surface area contributed by atoms with Crippen LogP contribution in [0.15, 0.2) is 52.9 Å². The first-order valence-electron chi connectivity index (χ1n) is 11.1. The molecule has 5 rings (SSSR count). The van der Waals surface area contributed by atoms with Gasteiger partial charge in [-0.25, -0.2) is 9.78 Å². The van der Waals surface area contributed by atoms with Gasteiger partial charge in [-0.2, -0.15) is 4.57 Å². The Kier molecular flexibility index (Phi) is 6.06. The van der Waals surface area contributed by atoms with Crippen molar-refractivity contribution >= 4 is 44.9 Å². The van der Waals surface area contributed by atoms with E-state index in [-0.39, 0.29) is 11.5 Å². The maximum Gasteiger partial charge on any atom is 0.347 e. The van der Waals surface area contributed by atoms with Crippen LogP contribution in [0.1, 0.15) is 16.9 Å². The molecule has 2 aromatic heterocycles. The van der Waals surface area contributed by atoms with Crippen molar-refractivity contribution in [2.24, 2.45) is 0 Å². The van der Waals surface area contributed by atoms with Gasteiger partial charge in [0.25, 0.3) is 0 Å². The van der Waals surface area contributed by atoms with Crippen LogP contribution in [0.5, 0.6) is 0 Å². The van der Waals surface area contributed by atoms with E-state index < -0.39 is 0 Å². The smallest absolute Gasteiger partial charge is 0.347 e. The molecule has 0 saturated carbocycles. The molecule has 1 aliphatic carbocycles. The van der Waals surface area contributed by atoms with Gasteiger partial charge in [-0.3, -0.25) is 4.79 Å². The maximum atomic E-state index is 13.3. The van der Waals surface area contributed by atoms with Crippen LogP contribution >= 0.6 is 23.1 Å². The zero-order valence-corrected chi connectivity index (χ0v) is 19.6. The highest BCUT2D eigenvalue weighted by molar-refractivity contribution is 7.99. The van der Waals surface area contributed by atoms with Gasteiger partial charge in [-0.1, -0.05) is 42.2 Å². The summed E-state index contributed by atoms with van der Waals surface area (Å²) in [6.07, 6.45) is 4.90. The number of hydrogen-bond donors (Lipinski definition) is 0. The third kappa shape index (κ3) is 3.97. The molecule has 0 bridgehead atoms. The zero-order chi connectivity index (χ0) is 22.1. The quantitative estimate of drug-likeness (QED) is 0.318. The lowest BCUT2D eigenvalue weighted by atomic mass is 10.2. The molecule has 0 spiro atoms. The summed E-state index contributed by atoms with van der Waals surface area (Å²) in [5, 5.41) is 1.57. The predicted octanol–water partition coefficient (Wildman–Crippen LogP) is 2.99. The van der Waals surface area contributed by atoms with Crippen LogP contribution < -0.4 is 15.4 Å². The van der Waals surface area contributed by atoms with Crippen LogP contribution in [-0.2, 0) is 24.2 Å². The molecule has 8 heteroatoms. The normalized spacial score (nSPS) is 15.9. The summed E-state index contributed by atoms with van der Waals surface area (Å²) < 4.78 is 1.73. The number of nitrogens with one attached hydrogen (secondary N) is 1. The number of aromatic amines is 1. The summed E-state index contributed by atoms with van der Waals surface area (Å²) in [7, 11) is 0. The highest BCUT2D eigenvalue weighted by Crippen LogP contribution is 2.34. The van der Waals surface area contributed by atoms with Gasteiger partial charge in [0.15, 0.2) is 4.83 Å². The third-order valence-corrected chi connectivity index (χ3v) is 8.44. The molecule has 1 aliphatic heterocycles. The average molecular weight is 468 g/mol. The first-order chi connectivity index (χ1) is 15.7. The monoisotopic (exact) mass is 467 g/mol. The molecule has 1 aromatic carbocycles. The van der Waals surface area contributed by atoms with Gasteiger partial charge in [-0.15, -0.1) is 0 Å². The fourth-order valence-corrected chi connectivity index (χ4v) is 6.87. The minimum atomic E-state index is 0.0319. The van der Waals surface area contributed by atoms with Gasteiger partial charge in [0.2, 0.25) is 5.91 Å². The Bertz CT molecular complexity index is 1210. The lowest BCUT2D eigenvalue weighted by molar-refractivity contribution is -0.404. The first kappa shape index (κ1) is 21.3. The molecule has 1 saturated heterocycles. The molecule has 2 aliphatic rings. The van der Waals surface area contributed by atoms with Crippen LogP contribution in [0, 0.1) is 0 Å². The SMILES string of the molecule is C=CCn1c(SCC(=O)N2CCN(c3ccccc3)CC2)[nH+]c2sc3c(c2c1=O)CCC3. The largest absolute Gasteiger partial charge is 0.368 e. The topological polar surface area (TPSA) is 59.7 Å². The molecule has 0 radical (unpaired) electrons. The van der Waals surface area contributed by atoms with E-state index in [1.807, 2.05) is 23.1 Å². The Hall–Kier alpha value is -2.58. The molecular weight excluding hydrogens is 440 g/mol. The molecule has 1 N–H and O–H groups in total. The van der Waals surface area contributed by atoms with E-state index in [9.17, 15) is 9.59 Å². The first-order valence-corrected chi connectivity index (χ1v) is 12.9. The second-order valence-corrected chi connectivity index (χ2v) is 10.3. The number of piperazine rings is 1. The van der Waals surface area contributed by atoms with Gasteiger partial charge < -0.3 is 9.80 Å². The van der Waals surface area contributed by atoms with E-state index in [1.165, 1.54) is 27.9 Å². The third-order valence-electron chi connectivity index (χ3n) is 6.24. The standard InChI is InChI=1S/C24H26N4O2S2/c1-2-11-28-23(30)21-18-9-6-10-19(18)32-22(21)25-24(28)31-16-20(29)27-14-12-26(13-15-27)17-7-4-3-5-8-17/h2-5,7-8H,1,6,9-16H2/p+1. The van der Waals surface area contributed by atoms with Gasteiger partial charge in [0.1, 0.15) is 11.9 Å².